The Balaban J connectivity index is 2.28. The molecule has 0 radical (unpaired) electrons. The monoisotopic (exact) mass is 235 g/mol. The molecule has 0 spiro atoms. The fraction of sp³-hybridized carbons (Fsp3) is 0.600. The highest BCUT2D eigenvalue weighted by atomic mass is 16.3. The minimum atomic E-state index is -0.208. The van der Waals surface area contributed by atoms with Gasteiger partial charge in [0.1, 0.15) is 0 Å². The molecule has 0 saturated carbocycles. The van der Waals surface area contributed by atoms with Crippen molar-refractivity contribution in [2.45, 2.75) is 32.8 Å². The van der Waals surface area contributed by atoms with Gasteiger partial charge in [-0.15, -0.1) is 0 Å². The second-order valence-corrected chi connectivity index (χ2v) is 4.95. The van der Waals surface area contributed by atoms with E-state index in [2.05, 4.69) is 50.1 Å². The molecule has 2 nitrogen and oxygen atoms in total. The standard InChI is InChI=1S/C15H25NO/c1-4-13(2)15(17)12-16(3)11-10-14-8-6-5-7-9-14/h5-9,13,15,17H,4,10-12H2,1-3H3. The van der Waals surface area contributed by atoms with E-state index in [0.29, 0.717) is 5.92 Å². The zero-order chi connectivity index (χ0) is 12.7. The first-order valence-corrected chi connectivity index (χ1v) is 6.54. The molecule has 0 aliphatic rings. The highest BCUT2D eigenvalue weighted by Crippen LogP contribution is 2.09. The Bertz CT molecular complexity index is 299. The van der Waals surface area contributed by atoms with Gasteiger partial charge in [-0.25, -0.2) is 0 Å². The Labute approximate surface area is 105 Å². The van der Waals surface area contributed by atoms with Crippen LogP contribution in [0.5, 0.6) is 0 Å². The van der Waals surface area contributed by atoms with E-state index in [4.69, 9.17) is 0 Å². The molecule has 17 heavy (non-hydrogen) atoms. The van der Waals surface area contributed by atoms with Crippen LogP contribution in [0.4, 0.5) is 0 Å². The van der Waals surface area contributed by atoms with Crippen LogP contribution in [0.2, 0.25) is 0 Å². The predicted molar refractivity (Wildman–Crippen MR) is 73.1 cm³/mol. The van der Waals surface area contributed by atoms with Gasteiger partial charge in [0.05, 0.1) is 6.10 Å². The largest absolute Gasteiger partial charge is 0.392 e. The summed E-state index contributed by atoms with van der Waals surface area (Å²) in [5, 5.41) is 9.94. The van der Waals surface area contributed by atoms with Crippen molar-refractivity contribution in [3.8, 4) is 0 Å². The third-order valence-electron chi connectivity index (χ3n) is 3.42. The molecule has 2 heteroatoms. The number of hydrogen-bond donors (Lipinski definition) is 1. The fourth-order valence-electron chi connectivity index (χ4n) is 1.83. The minimum absolute atomic E-state index is 0.208. The number of rotatable bonds is 7. The van der Waals surface area contributed by atoms with Crippen LogP contribution in [0.25, 0.3) is 0 Å². The summed E-state index contributed by atoms with van der Waals surface area (Å²) >= 11 is 0. The maximum Gasteiger partial charge on any atom is 0.0692 e. The summed E-state index contributed by atoms with van der Waals surface area (Å²) < 4.78 is 0. The van der Waals surface area contributed by atoms with Crippen LogP contribution in [0.3, 0.4) is 0 Å². The summed E-state index contributed by atoms with van der Waals surface area (Å²) in [5.74, 6) is 0.383. The van der Waals surface area contributed by atoms with Crippen molar-refractivity contribution in [2.75, 3.05) is 20.1 Å². The van der Waals surface area contributed by atoms with Gasteiger partial charge in [-0.3, -0.25) is 0 Å². The van der Waals surface area contributed by atoms with Gasteiger partial charge in [-0.05, 0) is 24.9 Å². The van der Waals surface area contributed by atoms with Crippen molar-refractivity contribution in [2.24, 2.45) is 5.92 Å². The van der Waals surface area contributed by atoms with Gasteiger partial charge in [0.2, 0.25) is 0 Å². The number of aliphatic hydroxyl groups is 1. The van der Waals surface area contributed by atoms with Crippen LogP contribution in [0, 0.1) is 5.92 Å². The van der Waals surface area contributed by atoms with Gasteiger partial charge in [0.15, 0.2) is 0 Å². The Morgan fingerprint density at radius 2 is 1.88 bits per heavy atom. The summed E-state index contributed by atoms with van der Waals surface area (Å²) in [6, 6.07) is 10.5. The molecule has 0 fully saturated rings. The summed E-state index contributed by atoms with van der Waals surface area (Å²) in [6.45, 7) is 5.99. The van der Waals surface area contributed by atoms with Crippen molar-refractivity contribution in [1.29, 1.82) is 0 Å². The molecule has 2 unspecified atom stereocenters. The Kier molecular flexibility index (Phi) is 6.23. The first-order valence-electron chi connectivity index (χ1n) is 6.54. The summed E-state index contributed by atoms with van der Waals surface area (Å²) in [5.41, 5.74) is 1.36. The molecule has 1 rings (SSSR count). The molecular formula is C15H25NO. The van der Waals surface area contributed by atoms with Crippen LogP contribution in [-0.2, 0) is 6.42 Å². The maximum absolute atomic E-state index is 9.94. The first-order chi connectivity index (χ1) is 8.13. The molecule has 0 amide bonds. The zero-order valence-corrected chi connectivity index (χ0v) is 11.3. The molecule has 0 saturated heterocycles. The quantitative estimate of drug-likeness (QED) is 0.785. The molecule has 0 heterocycles. The average molecular weight is 235 g/mol. The highest BCUT2D eigenvalue weighted by molar-refractivity contribution is 5.14. The molecular weight excluding hydrogens is 210 g/mol. The third-order valence-corrected chi connectivity index (χ3v) is 3.42. The van der Waals surface area contributed by atoms with Crippen molar-refractivity contribution in [1.82, 2.24) is 4.90 Å². The summed E-state index contributed by atoms with van der Waals surface area (Å²) in [6.07, 6.45) is 1.87. The Morgan fingerprint density at radius 3 is 2.47 bits per heavy atom. The van der Waals surface area contributed by atoms with E-state index in [0.717, 1.165) is 25.9 Å². The average Bonchev–Trinajstić information content (AvgIpc) is 2.36. The lowest BCUT2D eigenvalue weighted by molar-refractivity contribution is 0.0781. The number of aliphatic hydroxyl groups excluding tert-OH is 1. The van der Waals surface area contributed by atoms with Crippen LogP contribution in [-0.4, -0.2) is 36.2 Å². The number of likely N-dealkylation sites (N-methyl/N-ethyl adjacent to an activating group) is 1. The number of nitrogens with zero attached hydrogens (tertiary/aromatic N) is 1. The van der Waals surface area contributed by atoms with E-state index in [-0.39, 0.29) is 6.10 Å². The maximum atomic E-state index is 9.94. The molecule has 0 aromatic heterocycles. The van der Waals surface area contributed by atoms with Crippen LogP contribution in [0.15, 0.2) is 30.3 Å². The summed E-state index contributed by atoms with van der Waals surface area (Å²) in [4.78, 5) is 2.21. The van der Waals surface area contributed by atoms with Crippen LogP contribution < -0.4 is 0 Å². The molecule has 1 aromatic carbocycles. The lowest BCUT2D eigenvalue weighted by Crippen LogP contribution is -2.34. The van der Waals surface area contributed by atoms with Gasteiger partial charge in [0, 0.05) is 13.1 Å². The van der Waals surface area contributed by atoms with Gasteiger partial charge >= 0.3 is 0 Å². The summed E-state index contributed by atoms with van der Waals surface area (Å²) in [7, 11) is 2.08. The van der Waals surface area contributed by atoms with E-state index in [1.165, 1.54) is 5.56 Å². The number of benzene rings is 1. The Morgan fingerprint density at radius 1 is 1.24 bits per heavy atom. The molecule has 2 atom stereocenters. The molecule has 1 N–H and O–H groups in total. The van der Waals surface area contributed by atoms with Gasteiger partial charge in [-0.1, -0.05) is 50.6 Å². The second-order valence-electron chi connectivity index (χ2n) is 4.95. The van der Waals surface area contributed by atoms with Gasteiger partial charge in [0.25, 0.3) is 0 Å². The third kappa shape index (κ3) is 5.33. The van der Waals surface area contributed by atoms with Crippen molar-refractivity contribution < 1.29 is 5.11 Å². The molecule has 0 aliphatic heterocycles. The molecule has 1 aromatic rings. The normalized spacial score (nSPS) is 14.9. The smallest absolute Gasteiger partial charge is 0.0692 e. The van der Waals surface area contributed by atoms with E-state index >= 15 is 0 Å². The van der Waals surface area contributed by atoms with E-state index in [1.54, 1.807) is 0 Å². The fourth-order valence-corrected chi connectivity index (χ4v) is 1.83. The lowest BCUT2D eigenvalue weighted by atomic mass is 10.0. The van der Waals surface area contributed by atoms with Crippen molar-refractivity contribution in [3.63, 3.8) is 0 Å². The highest BCUT2D eigenvalue weighted by Gasteiger charge is 2.14. The van der Waals surface area contributed by atoms with Crippen LogP contribution in [0.1, 0.15) is 25.8 Å². The molecule has 0 aliphatic carbocycles. The van der Waals surface area contributed by atoms with Crippen molar-refractivity contribution in [3.05, 3.63) is 35.9 Å². The van der Waals surface area contributed by atoms with Gasteiger partial charge < -0.3 is 10.0 Å². The zero-order valence-electron chi connectivity index (χ0n) is 11.3. The van der Waals surface area contributed by atoms with Crippen LogP contribution >= 0.6 is 0 Å². The van der Waals surface area contributed by atoms with E-state index in [9.17, 15) is 5.11 Å². The molecule has 0 bridgehead atoms. The lowest BCUT2D eigenvalue weighted by Gasteiger charge is -2.24. The number of hydrogen-bond acceptors (Lipinski definition) is 2. The van der Waals surface area contributed by atoms with E-state index < -0.39 is 0 Å². The minimum Gasteiger partial charge on any atom is -0.392 e. The SMILES string of the molecule is CCC(C)C(O)CN(C)CCc1ccccc1. The van der Waals surface area contributed by atoms with E-state index in [1.807, 2.05) is 6.07 Å². The first kappa shape index (κ1) is 14.2. The second kappa shape index (κ2) is 7.46. The van der Waals surface area contributed by atoms with Crippen molar-refractivity contribution >= 4 is 0 Å². The van der Waals surface area contributed by atoms with Gasteiger partial charge in [-0.2, -0.15) is 0 Å². The predicted octanol–water partition coefficient (Wildman–Crippen LogP) is 2.57. The Hall–Kier alpha value is -0.860. The topological polar surface area (TPSA) is 23.5 Å². The molecule has 96 valence electrons.